The second-order valence-electron chi connectivity index (χ2n) is 5.74. The van der Waals surface area contributed by atoms with Crippen LogP contribution in [-0.4, -0.2) is 24.2 Å². The zero-order valence-electron chi connectivity index (χ0n) is 14.1. The van der Waals surface area contributed by atoms with E-state index in [0.717, 1.165) is 15.8 Å². The predicted molar refractivity (Wildman–Crippen MR) is 97.5 cm³/mol. The quantitative estimate of drug-likeness (QED) is 0.727. The Hall–Kier alpha value is -2.24. The summed E-state index contributed by atoms with van der Waals surface area (Å²) in [5.74, 6) is -0.214. The second-order valence-corrected chi connectivity index (χ2v) is 6.75. The number of carbonyl (C=O) groups is 1. The lowest BCUT2D eigenvalue weighted by atomic mass is 10.1. The molecule has 4 nitrogen and oxygen atoms in total. The van der Waals surface area contributed by atoms with Crippen molar-refractivity contribution in [3.63, 3.8) is 0 Å². The average Bonchev–Trinajstić information content (AvgIpc) is 2.91. The molecule has 3 rings (SSSR count). The van der Waals surface area contributed by atoms with Crippen LogP contribution in [0.1, 0.15) is 21.5 Å². The topological polar surface area (TPSA) is 43.6 Å². The molecule has 0 spiro atoms. The van der Waals surface area contributed by atoms with Crippen molar-refractivity contribution in [2.24, 2.45) is 4.99 Å². The van der Waals surface area contributed by atoms with Crippen LogP contribution in [0.5, 0.6) is 0 Å². The minimum Gasteiger partial charge on any atom is -0.383 e. The molecule has 0 bridgehead atoms. The number of hydrogen-bond acceptors (Lipinski definition) is 3. The summed E-state index contributed by atoms with van der Waals surface area (Å²) in [6.07, 6.45) is 0. The van der Waals surface area contributed by atoms with Crippen LogP contribution in [-0.2, 0) is 11.3 Å². The molecule has 0 unspecified atom stereocenters. The van der Waals surface area contributed by atoms with Crippen molar-refractivity contribution in [3.05, 3.63) is 64.0 Å². The highest BCUT2D eigenvalue weighted by molar-refractivity contribution is 7.16. The van der Waals surface area contributed by atoms with Crippen LogP contribution in [0.2, 0.25) is 0 Å². The van der Waals surface area contributed by atoms with Gasteiger partial charge in [-0.1, -0.05) is 41.2 Å². The summed E-state index contributed by atoms with van der Waals surface area (Å²) in [6.45, 7) is 5.29. The van der Waals surface area contributed by atoms with E-state index in [9.17, 15) is 4.79 Å². The van der Waals surface area contributed by atoms with Crippen LogP contribution >= 0.6 is 11.3 Å². The van der Waals surface area contributed by atoms with Gasteiger partial charge >= 0.3 is 0 Å². The Morgan fingerprint density at radius 3 is 2.75 bits per heavy atom. The molecule has 1 aromatic heterocycles. The number of methoxy groups -OCH3 is 1. The lowest BCUT2D eigenvalue weighted by Gasteiger charge is -2.06. The first-order valence-corrected chi connectivity index (χ1v) is 8.65. The Morgan fingerprint density at radius 2 is 2.00 bits per heavy atom. The largest absolute Gasteiger partial charge is 0.383 e. The number of rotatable bonds is 4. The van der Waals surface area contributed by atoms with E-state index in [0.29, 0.717) is 23.5 Å². The third kappa shape index (κ3) is 3.32. The van der Waals surface area contributed by atoms with Crippen LogP contribution in [0.4, 0.5) is 0 Å². The van der Waals surface area contributed by atoms with E-state index < -0.39 is 0 Å². The van der Waals surface area contributed by atoms with Crippen molar-refractivity contribution in [2.45, 2.75) is 20.4 Å². The van der Waals surface area contributed by atoms with E-state index in [-0.39, 0.29) is 5.91 Å². The normalized spacial score (nSPS) is 12.0. The number of benzene rings is 2. The first-order chi connectivity index (χ1) is 11.6. The lowest BCUT2D eigenvalue weighted by Crippen LogP contribution is -2.19. The van der Waals surface area contributed by atoms with Crippen molar-refractivity contribution in [1.82, 2.24) is 4.57 Å². The fourth-order valence-electron chi connectivity index (χ4n) is 2.71. The second kappa shape index (κ2) is 7.11. The number of fused-ring (bicyclic) bond motifs is 1. The number of nitrogens with zero attached hydrogens (tertiary/aromatic N) is 2. The highest BCUT2D eigenvalue weighted by Crippen LogP contribution is 2.21. The van der Waals surface area contributed by atoms with Crippen molar-refractivity contribution in [1.29, 1.82) is 0 Å². The van der Waals surface area contributed by atoms with E-state index in [2.05, 4.69) is 28.6 Å². The maximum Gasteiger partial charge on any atom is 0.279 e. The van der Waals surface area contributed by atoms with Gasteiger partial charge in [0.2, 0.25) is 0 Å². The molecular weight excluding hydrogens is 320 g/mol. The van der Waals surface area contributed by atoms with Crippen molar-refractivity contribution < 1.29 is 9.53 Å². The zero-order chi connectivity index (χ0) is 17.1. The Kier molecular flexibility index (Phi) is 4.92. The molecule has 0 saturated carbocycles. The molecule has 0 aliphatic carbocycles. The maximum absolute atomic E-state index is 12.5. The van der Waals surface area contributed by atoms with E-state index >= 15 is 0 Å². The predicted octanol–water partition coefficient (Wildman–Crippen LogP) is 3.71. The molecule has 0 radical (unpaired) electrons. The minimum absolute atomic E-state index is 0.214. The van der Waals surface area contributed by atoms with Gasteiger partial charge in [-0.2, -0.15) is 4.99 Å². The molecule has 2 aromatic carbocycles. The molecule has 1 amide bonds. The summed E-state index contributed by atoms with van der Waals surface area (Å²) in [5.41, 5.74) is 3.96. The molecule has 3 aromatic rings. The summed E-state index contributed by atoms with van der Waals surface area (Å²) >= 11 is 1.54. The summed E-state index contributed by atoms with van der Waals surface area (Å²) in [7, 11) is 1.68. The molecule has 0 fully saturated rings. The fraction of sp³-hybridized carbons (Fsp3) is 0.263. The van der Waals surface area contributed by atoms with Gasteiger partial charge in [0.05, 0.1) is 16.8 Å². The van der Waals surface area contributed by atoms with E-state index in [1.807, 2.05) is 31.2 Å². The molecule has 24 heavy (non-hydrogen) atoms. The number of ether oxygens (including phenoxy) is 1. The first-order valence-electron chi connectivity index (χ1n) is 7.84. The Bertz CT molecular complexity index is 953. The zero-order valence-corrected chi connectivity index (χ0v) is 14.9. The lowest BCUT2D eigenvalue weighted by molar-refractivity contribution is 0.0997. The third-order valence-electron chi connectivity index (χ3n) is 3.88. The van der Waals surface area contributed by atoms with Gasteiger partial charge in [-0.15, -0.1) is 0 Å². The molecule has 0 aliphatic rings. The van der Waals surface area contributed by atoms with Gasteiger partial charge in [-0.3, -0.25) is 4.79 Å². The van der Waals surface area contributed by atoms with Crippen LogP contribution < -0.4 is 4.80 Å². The van der Waals surface area contributed by atoms with Crippen LogP contribution in [0, 0.1) is 13.8 Å². The number of hydrogen-bond donors (Lipinski definition) is 0. The molecule has 0 N–H and O–H groups in total. The summed E-state index contributed by atoms with van der Waals surface area (Å²) in [5, 5.41) is 0. The highest BCUT2D eigenvalue weighted by atomic mass is 32.1. The Labute approximate surface area is 145 Å². The molecule has 124 valence electrons. The van der Waals surface area contributed by atoms with E-state index in [1.165, 1.54) is 16.9 Å². The van der Waals surface area contributed by atoms with Crippen LogP contribution in [0.25, 0.3) is 10.2 Å². The van der Waals surface area contributed by atoms with Crippen molar-refractivity contribution >= 4 is 27.5 Å². The number of amides is 1. The van der Waals surface area contributed by atoms with Gasteiger partial charge in [-0.05, 0) is 37.6 Å². The number of carbonyl (C=O) groups excluding carboxylic acids is 1. The Balaban J connectivity index is 2.14. The summed E-state index contributed by atoms with van der Waals surface area (Å²) in [6, 6.07) is 13.7. The van der Waals surface area contributed by atoms with Crippen LogP contribution in [0.3, 0.4) is 0 Å². The Morgan fingerprint density at radius 1 is 1.21 bits per heavy atom. The van der Waals surface area contributed by atoms with Gasteiger partial charge < -0.3 is 9.30 Å². The average molecular weight is 340 g/mol. The van der Waals surface area contributed by atoms with Gasteiger partial charge in [0.25, 0.3) is 5.91 Å². The summed E-state index contributed by atoms with van der Waals surface area (Å²) < 4.78 is 8.42. The number of aromatic nitrogens is 1. The number of thiazole rings is 1. The van der Waals surface area contributed by atoms with Gasteiger partial charge in [-0.25, -0.2) is 0 Å². The van der Waals surface area contributed by atoms with Gasteiger partial charge in [0, 0.05) is 19.2 Å². The summed E-state index contributed by atoms with van der Waals surface area (Å²) in [4.78, 5) is 17.6. The molecular formula is C19H20N2O2S. The molecule has 0 aliphatic heterocycles. The monoisotopic (exact) mass is 340 g/mol. The molecule has 5 heteroatoms. The minimum atomic E-state index is -0.214. The van der Waals surface area contributed by atoms with E-state index in [1.54, 1.807) is 13.2 Å². The number of aryl methyl sites for hydroxylation is 2. The third-order valence-corrected chi connectivity index (χ3v) is 4.93. The van der Waals surface area contributed by atoms with Crippen LogP contribution in [0.15, 0.2) is 47.5 Å². The highest BCUT2D eigenvalue weighted by Gasteiger charge is 2.11. The maximum atomic E-state index is 12.5. The molecule has 1 heterocycles. The molecule has 0 saturated heterocycles. The van der Waals surface area contributed by atoms with Crippen molar-refractivity contribution in [2.75, 3.05) is 13.7 Å². The first kappa shape index (κ1) is 16.6. The van der Waals surface area contributed by atoms with Gasteiger partial charge in [0.15, 0.2) is 4.80 Å². The smallest absolute Gasteiger partial charge is 0.279 e. The van der Waals surface area contributed by atoms with E-state index in [4.69, 9.17) is 4.74 Å². The van der Waals surface area contributed by atoms with Crippen molar-refractivity contribution in [3.8, 4) is 0 Å². The SMILES string of the molecule is COCCn1c(=NC(=O)c2cccc(C)c2)sc2cccc(C)c21. The molecule has 0 atom stereocenters. The standard InChI is InChI=1S/C19H20N2O2S/c1-13-6-4-8-15(12-13)18(22)20-19-21(10-11-23-3)17-14(2)7-5-9-16(17)24-19/h4-9,12H,10-11H2,1-3H3. The fourth-order valence-corrected chi connectivity index (χ4v) is 3.84. The van der Waals surface area contributed by atoms with Gasteiger partial charge in [0.1, 0.15) is 0 Å². The number of para-hydroxylation sites is 1.